The van der Waals surface area contributed by atoms with Crippen molar-refractivity contribution in [3.05, 3.63) is 12.5 Å². The van der Waals surface area contributed by atoms with Crippen LogP contribution in [-0.2, 0) is 0 Å². The van der Waals surface area contributed by atoms with E-state index < -0.39 is 0 Å². The van der Waals surface area contributed by atoms with Gasteiger partial charge in [-0.15, -0.1) is 0 Å². The van der Waals surface area contributed by atoms with E-state index in [0.29, 0.717) is 17.5 Å². The Kier molecular flexibility index (Phi) is 2.40. The highest BCUT2D eigenvalue weighted by atomic mass is 16.5. The third kappa shape index (κ3) is 1.71. The van der Waals surface area contributed by atoms with E-state index in [9.17, 15) is 0 Å². The summed E-state index contributed by atoms with van der Waals surface area (Å²) in [6, 6.07) is 0. The molecule has 3 aliphatic heterocycles. The minimum atomic E-state index is 0.250. The van der Waals surface area contributed by atoms with Crippen molar-refractivity contribution in [2.24, 2.45) is 5.92 Å². The van der Waals surface area contributed by atoms with Gasteiger partial charge in [0.15, 0.2) is 0 Å². The van der Waals surface area contributed by atoms with Gasteiger partial charge in [0, 0.05) is 6.54 Å². The number of hydrogen-bond donors (Lipinski definition) is 1. The van der Waals surface area contributed by atoms with Gasteiger partial charge in [0.1, 0.15) is 18.1 Å². The molecule has 0 aromatic carbocycles. The van der Waals surface area contributed by atoms with Crippen LogP contribution in [0.5, 0.6) is 5.88 Å². The Morgan fingerprint density at radius 3 is 2.81 bits per heavy atom. The lowest BCUT2D eigenvalue weighted by atomic mass is 9.86. The van der Waals surface area contributed by atoms with Crippen LogP contribution in [0.4, 0.5) is 5.69 Å². The minimum Gasteiger partial charge on any atom is -0.471 e. The summed E-state index contributed by atoms with van der Waals surface area (Å²) in [5, 5.41) is 0. The Morgan fingerprint density at radius 2 is 2.19 bits per heavy atom. The van der Waals surface area contributed by atoms with Crippen LogP contribution in [0.25, 0.3) is 0 Å². The van der Waals surface area contributed by atoms with Gasteiger partial charge in [0.05, 0.1) is 6.20 Å². The second-order valence-electron chi connectivity index (χ2n) is 4.58. The first-order chi connectivity index (χ1) is 7.83. The molecule has 0 saturated carbocycles. The first-order valence-corrected chi connectivity index (χ1v) is 5.77. The average Bonchev–Trinajstić information content (AvgIpc) is 2.34. The molecule has 0 unspecified atom stereocenters. The maximum Gasteiger partial charge on any atom is 0.240 e. The van der Waals surface area contributed by atoms with Crippen LogP contribution < -0.4 is 10.5 Å². The molecular formula is C11H16N4O. The zero-order valence-corrected chi connectivity index (χ0v) is 9.17. The maximum atomic E-state index is 5.90. The summed E-state index contributed by atoms with van der Waals surface area (Å²) >= 11 is 0. The Bertz CT molecular complexity index is 376. The molecule has 5 nitrogen and oxygen atoms in total. The van der Waals surface area contributed by atoms with Gasteiger partial charge in [-0.25, -0.2) is 4.98 Å². The lowest BCUT2D eigenvalue weighted by molar-refractivity contribution is -0.00958. The average molecular weight is 220 g/mol. The van der Waals surface area contributed by atoms with Crippen molar-refractivity contribution in [2.45, 2.75) is 18.9 Å². The molecule has 0 aliphatic carbocycles. The second kappa shape index (κ2) is 3.90. The van der Waals surface area contributed by atoms with Crippen molar-refractivity contribution in [1.29, 1.82) is 0 Å². The third-order valence-electron chi connectivity index (χ3n) is 3.56. The summed E-state index contributed by atoms with van der Waals surface area (Å²) in [5.41, 5.74) is 6.30. The minimum absolute atomic E-state index is 0.250. The Morgan fingerprint density at radius 1 is 1.38 bits per heavy atom. The van der Waals surface area contributed by atoms with Gasteiger partial charge >= 0.3 is 0 Å². The van der Waals surface area contributed by atoms with Crippen LogP contribution >= 0.6 is 0 Å². The molecule has 0 amide bonds. The molecule has 1 atom stereocenters. The number of nitrogen functional groups attached to an aromatic ring is 1. The molecule has 2 N–H and O–H groups in total. The van der Waals surface area contributed by atoms with Crippen LogP contribution in [0.15, 0.2) is 12.5 Å². The fourth-order valence-corrected chi connectivity index (χ4v) is 2.62. The molecule has 0 spiro atoms. The molecule has 1 aromatic rings. The number of aromatic nitrogens is 2. The Balaban J connectivity index is 1.73. The molecule has 3 aliphatic rings. The van der Waals surface area contributed by atoms with Gasteiger partial charge in [-0.05, 0) is 31.8 Å². The van der Waals surface area contributed by atoms with E-state index in [1.54, 1.807) is 6.20 Å². The summed E-state index contributed by atoms with van der Waals surface area (Å²) in [7, 11) is 0. The van der Waals surface area contributed by atoms with E-state index in [1.807, 2.05) is 0 Å². The van der Waals surface area contributed by atoms with Crippen molar-refractivity contribution in [2.75, 3.05) is 25.4 Å². The normalized spacial score (nSPS) is 32.6. The molecular weight excluding hydrogens is 204 g/mol. The van der Waals surface area contributed by atoms with Gasteiger partial charge in [-0.2, -0.15) is 4.98 Å². The molecule has 2 bridgehead atoms. The van der Waals surface area contributed by atoms with Gasteiger partial charge in [0.25, 0.3) is 0 Å². The SMILES string of the molecule is Nc1cncnc1O[C@@H]1CN2CCC1CC2. The molecule has 3 fully saturated rings. The highest BCUT2D eigenvalue weighted by molar-refractivity contribution is 5.44. The smallest absolute Gasteiger partial charge is 0.240 e. The molecule has 4 rings (SSSR count). The van der Waals surface area contributed by atoms with Crippen molar-refractivity contribution in [3.8, 4) is 5.88 Å². The Hall–Kier alpha value is -1.36. The number of fused-ring (bicyclic) bond motifs is 3. The molecule has 5 heteroatoms. The Labute approximate surface area is 94.6 Å². The van der Waals surface area contributed by atoms with E-state index >= 15 is 0 Å². The quantitative estimate of drug-likeness (QED) is 0.787. The van der Waals surface area contributed by atoms with Gasteiger partial charge in [0.2, 0.25) is 5.88 Å². The first kappa shape index (κ1) is 9.84. The number of anilines is 1. The van der Waals surface area contributed by atoms with E-state index in [4.69, 9.17) is 10.5 Å². The summed E-state index contributed by atoms with van der Waals surface area (Å²) in [4.78, 5) is 10.4. The van der Waals surface area contributed by atoms with Crippen molar-refractivity contribution >= 4 is 5.69 Å². The van der Waals surface area contributed by atoms with Crippen molar-refractivity contribution in [3.63, 3.8) is 0 Å². The zero-order valence-electron chi connectivity index (χ0n) is 9.17. The van der Waals surface area contributed by atoms with Crippen LogP contribution in [0, 0.1) is 5.92 Å². The van der Waals surface area contributed by atoms with Crippen LogP contribution in [0.2, 0.25) is 0 Å². The number of hydrogen-bond acceptors (Lipinski definition) is 5. The molecule has 86 valence electrons. The van der Waals surface area contributed by atoms with Gasteiger partial charge in [-0.3, -0.25) is 4.90 Å². The molecule has 3 saturated heterocycles. The third-order valence-corrected chi connectivity index (χ3v) is 3.56. The highest BCUT2D eigenvalue weighted by Crippen LogP contribution is 2.31. The number of ether oxygens (including phenoxy) is 1. The molecule has 0 radical (unpaired) electrons. The van der Waals surface area contributed by atoms with E-state index in [0.717, 1.165) is 6.54 Å². The maximum absolute atomic E-state index is 5.90. The topological polar surface area (TPSA) is 64.3 Å². The van der Waals surface area contributed by atoms with Gasteiger partial charge in [-0.1, -0.05) is 0 Å². The molecule has 1 aromatic heterocycles. The van der Waals surface area contributed by atoms with E-state index in [1.165, 1.54) is 32.3 Å². The monoisotopic (exact) mass is 220 g/mol. The summed E-state index contributed by atoms with van der Waals surface area (Å²) in [6.45, 7) is 3.43. The standard InChI is InChI=1S/C11H16N4O/c12-9-5-13-7-14-11(9)16-10-6-15-3-1-8(10)2-4-15/h5,7-8,10H,1-4,6,12H2/t10-/m1/s1. The van der Waals surface area contributed by atoms with Crippen LogP contribution in [0.1, 0.15) is 12.8 Å². The largest absolute Gasteiger partial charge is 0.471 e. The van der Waals surface area contributed by atoms with E-state index in [-0.39, 0.29) is 6.10 Å². The molecule has 4 heterocycles. The lowest BCUT2D eigenvalue weighted by Gasteiger charge is -2.44. The zero-order chi connectivity index (χ0) is 11.0. The predicted octanol–water partition coefficient (Wildman–Crippen LogP) is 0.532. The molecule has 16 heavy (non-hydrogen) atoms. The van der Waals surface area contributed by atoms with Crippen molar-refractivity contribution < 1.29 is 4.74 Å². The number of piperidine rings is 3. The fourth-order valence-electron chi connectivity index (χ4n) is 2.62. The lowest BCUT2D eigenvalue weighted by Crippen LogP contribution is -2.52. The summed E-state index contributed by atoms with van der Waals surface area (Å²) in [6.07, 6.45) is 5.78. The predicted molar refractivity (Wildman–Crippen MR) is 60.0 cm³/mol. The fraction of sp³-hybridized carbons (Fsp3) is 0.636. The number of rotatable bonds is 2. The van der Waals surface area contributed by atoms with Crippen LogP contribution in [0.3, 0.4) is 0 Å². The summed E-state index contributed by atoms with van der Waals surface area (Å²) < 4.78 is 5.90. The van der Waals surface area contributed by atoms with Crippen LogP contribution in [-0.4, -0.2) is 40.6 Å². The number of nitrogens with two attached hydrogens (primary N) is 1. The highest BCUT2D eigenvalue weighted by Gasteiger charge is 2.35. The number of nitrogens with zero attached hydrogens (tertiary/aromatic N) is 3. The second-order valence-corrected chi connectivity index (χ2v) is 4.58. The van der Waals surface area contributed by atoms with Gasteiger partial charge < -0.3 is 10.5 Å². The van der Waals surface area contributed by atoms with Crippen molar-refractivity contribution in [1.82, 2.24) is 14.9 Å². The van der Waals surface area contributed by atoms with E-state index in [2.05, 4.69) is 14.9 Å². The summed E-state index contributed by atoms with van der Waals surface area (Å²) in [5.74, 6) is 1.20. The first-order valence-electron chi connectivity index (χ1n) is 5.77.